The van der Waals surface area contributed by atoms with Gasteiger partial charge >= 0.3 is 6.36 Å². The van der Waals surface area contributed by atoms with E-state index in [1.165, 1.54) is 18.2 Å². The van der Waals surface area contributed by atoms with E-state index in [0.29, 0.717) is 16.5 Å². The van der Waals surface area contributed by atoms with Gasteiger partial charge in [0.15, 0.2) is 0 Å². The highest BCUT2D eigenvalue weighted by molar-refractivity contribution is 9.10. The number of halogens is 4. The molecule has 1 rings (SSSR count). The average molecular weight is 324 g/mol. The van der Waals surface area contributed by atoms with E-state index in [2.05, 4.69) is 27.2 Å². The second kappa shape index (κ2) is 5.75. The molecule has 0 aromatic heterocycles. The summed E-state index contributed by atoms with van der Waals surface area (Å²) in [5.74, 6) is -0.278. The third-order valence-corrected chi connectivity index (χ3v) is 2.66. The molecule has 0 unspecified atom stereocenters. The molecule has 0 aliphatic heterocycles. The van der Waals surface area contributed by atoms with Crippen molar-refractivity contribution in [3.05, 3.63) is 40.4 Å². The number of alkyl halides is 3. The molecule has 100 valence electrons. The van der Waals surface area contributed by atoms with Crippen LogP contribution in [0.25, 0.3) is 0 Å². The Morgan fingerprint density at radius 3 is 2.61 bits per heavy atom. The lowest BCUT2D eigenvalue weighted by Gasteiger charge is -2.18. The minimum absolute atomic E-state index is 0.278. The van der Waals surface area contributed by atoms with Gasteiger partial charge in [-0.25, -0.2) is 0 Å². The van der Waals surface area contributed by atoms with Gasteiger partial charge in [0, 0.05) is 16.1 Å². The zero-order chi connectivity index (χ0) is 13.9. The van der Waals surface area contributed by atoms with Crippen LogP contribution in [0.2, 0.25) is 0 Å². The van der Waals surface area contributed by atoms with Gasteiger partial charge in [0.25, 0.3) is 0 Å². The number of ether oxygens (including phenoxy) is 1. The maximum atomic E-state index is 12.3. The highest BCUT2D eigenvalue weighted by atomic mass is 79.9. The topological polar surface area (TPSA) is 35.2 Å². The Balaban J connectivity index is 3.07. The predicted octanol–water partition coefficient (Wildman–Crippen LogP) is 4.31. The van der Waals surface area contributed by atoms with Crippen LogP contribution in [0.5, 0.6) is 5.75 Å². The molecule has 0 aliphatic rings. The predicted molar refractivity (Wildman–Crippen MR) is 67.2 cm³/mol. The molecule has 0 radical (unpaired) electrons. The summed E-state index contributed by atoms with van der Waals surface area (Å²) < 4.78 is 41.4. The molecule has 0 amide bonds. The van der Waals surface area contributed by atoms with E-state index in [4.69, 9.17) is 5.73 Å². The maximum absolute atomic E-state index is 12.3. The Morgan fingerprint density at radius 1 is 1.50 bits per heavy atom. The van der Waals surface area contributed by atoms with E-state index in [9.17, 15) is 13.2 Å². The SMILES string of the molecule is C=C(C)C[C@H](N)c1cc(Br)ccc1OC(F)(F)F. The Kier molecular flexibility index (Phi) is 4.81. The first-order chi connectivity index (χ1) is 8.19. The van der Waals surface area contributed by atoms with Gasteiger partial charge in [0.1, 0.15) is 5.75 Å². The van der Waals surface area contributed by atoms with Gasteiger partial charge in [-0.2, -0.15) is 0 Å². The van der Waals surface area contributed by atoms with Gasteiger partial charge in [-0.05, 0) is 31.5 Å². The quantitative estimate of drug-likeness (QED) is 0.838. The molecule has 0 saturated carbocycles. The smallest absolute Gasteiger partial charge is 0.405 e. The Labute approximate surface area is 112 Å². The average Bonchev–Trinajstić information content (AvgIpc) is 2.17. The lowest BCUT2D eigenvalue weighted by Crippen LogP contribution is -2.20. The zero-order valence-electron chi connectivity index (χ0n) is 9.72. The van der Waals surface area contributed by atoms with Crippen molar-refractivity contribution >= 4 is 15.9 Å². The van der Waals surface area contributed by atoms with Crippen molar-refractivity contribution in [1.29, 1.82) is 0 Å². The summed E-state index contributed by atoms with van der Waals surface area (Å²) in [6, 6.07) is 3.65. The summed E-state index contributed by atoms with van der Waals surface area (Å²) in [6.45, 7) is 5.46. The van der Waals surface area contributed by atoms with E-state index in [1.807, 2.05) is 0 Å². The van der Waals surface area contributed by atoms with Crippen LogP contribution in [0.3, 0.4) is 0 Å². The molecule has 1 aromatic carbocycles. The summed E-state index contributed by atoms with van der Waals surface area (Å²) in [5.41, 5.74) is 6.94. The fourth-order valence-corrected chi connectivity index (χ4v) is 1.89. The molecular formula is C12H13BrF3NO. The van der Waals surface area contributed by atoms with Crippen LogP contribution in [0.4, 0.5) is 13.2 Å². The minimum atomic E-state index is -4.73. The van der Waals surface area contributed by atoms with Crippen LogP contribution >= 0.6 is 15.9 Å². The highest BCUT2D eigenvalue weighted by Gasteiger charge is 2.32. The molecule has 0 spiro atoms. The van der Waals surface area contributed by atoms with Gasteiger partial charge in [-0.1, -0.05) is 21.5 Å². The van der Waals surface area contributed by atoms with Crippen molar-refractivity contribution in [2.24, 2.45) is 5.73 Å². The molecule has 6 heteroatoms. The lowest BCUT2D eigenvalue weighted by molar-refractivity contribution is -0.275. The van der Waals surface area contributed by atoms with Crippen molar-refractivity contribution < 1.29 is 17.9 Å². The Hall–Kier alpha value is -1.01. The van der Waals surface area contributed by atoms with Crippen molar-refractivity contribution in [2.45, 2.75) is 25.7 Å². The van der Waals surface area contributed by atoms with Gasteiger partial charge < -0.3 is 10.5 Å². The summed E-state index contributed by atoms with van der Waals surface area (Å²) in [7, 11) is 0. The fraction of sp³-hybridized carbons (Fsp3) is 0.333. The number of nitrogens with two attached hydrogens (primary N) is 1. The van der Waals surface area contributed by atoms with E-state index in [0.717, 1.165) is 5.57 Å². The maximum Gasteiger partial charge on any atom is 0.573 e. The Morgan fingerprint density at radius 2 is 2.11 bits per heavy atom. The van der Waals surface area contributed by atoms with E-state index in [1.54, 1.807) is 6.92 Å². The van der Waals surface area contributed by atoms with Crippen molar-refractivity contribution in [2.75, 3.05) is 0 Å². The summed E-state index contributed by atoms with van der Waals surface area (Å²) in [6.07, 6.45) is -4.34. The summed E-state index contributed by atoms with van der Waals surface area (Å²) >= 11 is 3.20. The van der Waals surface area contributed by atoms with Crippen molar-refractivity contribution in [1.82, 2.24) is 0 Å². The lowest BCUT2D eigenvalue weighted by atomic mass is 10.0. The standard InChI is InChI=1S/C12H13BrF3NO/c1-7(2)5-10(17)9-6-8(13)3-4-11(9)18-12(14,15)16/h3-4,6,10H,1,5,17H2,2H3/t10-/m0/s1. The van der Waals surface area contributed by atoms with Gasteiger partial charge in [-0.3, -0.25) is 0 Å². The van der Waals surface area contributed by atoms with E-state index in [-0.39, 0.29) is 5.75 Å². The largest absolute Gasteiger partial charge is 0.573 e. The number of hydrogen-bond acceptors (Lipinski definition) is 2. The minimum Gasteiger partial charge on any atom is -0.405 e. The second-order valence-corrected chi connectivity index (χ2v) is 4.91. The van der Waals surface area contributed by atoms with Gasteiger partial charge in [-0.15, -0.1) is 19.8 Å². The van der Waals surface area contributed by atoms with Crippen LogP contribution in [0.1, 0.15) is 24.9 Å². The highest BCUT2D eigenvalue weighted by Crippen LogP contribution is 2.33. The first-order valence-corrected chi connectivity index (χ1v) is 5.93. The molecule has 18 heavy (non-hydrogen) atoms. The third kappa shape index (κ3) is 4.70. The number of benzene rings is 1. The molecule has 1 atom stereocenters. The van der Waals surface area contributed by atoms with E-state index < -0.39 is 12.4 Å². The monoisotopic (exact) mass is 323 g/mol. The third-order valence-electron chi connectivity index (χ3n) is 2.17. The summed E-state index contributed by atoms with van der Waals surface area (Å²) in [4.78, 5) is 0. The van der Waals surface area contributed by atoms with Crippen LogP contribution in [-0.2, 0) is 0 Å². The molecule has 2 nitrogen and oxygen atoms in total. The van der Waals surface area contributed by atoms with E-state index >= 15 is 0 Å². The van der Waals surface area contributed by atoms with Crippen LogP contribution < -0.4 is 10.5 Å². The fourth-order valence-electron chi connectivity index (χ4n) is 1.51. The van der Waals surface area contributed by atoms with Gasteiger partial charge in [0.05, 0.1) is 0 Å². The normalized spacial score (nSPS) is 13.2. The zero-order valence-corrected chi connectivity index (χ0v) is 11.3. The molecule has 2 N–H and O–H groups in total. The van der Waals surface area contributed by atoms with Gasteiger partial charge in [0.2, 0.25) is 0 Å². The molecular weight excluding hydrogens is 311 g/mol. The molecule has 0 fully saturated rings. The molecule has 0 bridgehead atoms. The number of hydrogen-bond donors (Lipinski definition) is 1. The summed E-state index contributed by atoms with van der Waals surface area (Å²) in [5, 5.41) is 0. The second-order valence-electron chi connectivity index (χ2n) is 4.00. The number of rotatable bonds is 4. The van der Waals surface area contributed by atoms with Crippen molar-refractivity contribution in [3.8, 4) is 5.75 Å². The molecule has 0 aliphatic carbocycles. The first-order valence-electron chi connectivity index (χ1n) is 5.14. The van der Waals surface area contributed by atoms with Crippen molar-refractivity contribution in [3.63, 3.8) is 0 Å². The molecule has 0 heterocycles. The van der Waals surface area contributed by atoms with Crippen LogP contribution in [0.15, 0.2) is 34.8 Å². The molecule has 1 aromatic rings. The van der Waals surface area contributed by atoms with Crippen LogP contribution in [0, 0.1) is 0 Å². The van der Waals surface area contributed by atoms with Crippen LogP contribution in [-0.4, -0.2) is 6.36 Å². The first kappa shape index (κ1) is 15.0. The Bertz CT molecular complexity index is 445. The molecule has 0 saturated heterocycles.